The van der Waals surface area contributed by atoms with Gasteiger partial charge in [0.05, 0.1) is 26.2 Å². The van der Waals surface area contributed by atoms with Gasteiger partial charge in [0.1, 0.15) is 0 Å². The van der Waals surface area contributed by atoms with Gasteiger partial charge in [-0.15, -0.1) is 0 Å². The third-order valence-electron chi connectivity index (χ3n) is 2.55. The Bertz CT molecular complexity index is 397. The number of carbonyl (C=O) groups is 1. The van der Waals surface area contributed by atoms with Crippen molar-refractivity contribution in [2.45, 2.75) is 6.04 Å². The van der Waals surface area contributed by atoms with Crippen LogP contribution in [-0.2, 0) is 4.74 Å². The Kier molecular flexibility index (Phi) is 3.12. The van der Waals surface area contributed by atoms with Crippen molar-refractivity contribution in [1.29, 1.82) is 0 Å². The van der Waals surface area contributed by atoms with Crippen LogP contribution in [0.4, 0.5) is 0 Å². The molecule has 86 valence electrons. The van der Waals surface area contributed by atoms with Crippen LogP contribution in [0.3, 0.4) is 0 Å². The molecule has 1 aliphatic heterocycles. The first-order chi connectivity index (χ1) is 7.74. The number of ether oxygens (including phenoxy) is 2. The van der Waals surface area contributed by atoms with E-state index in [2.05, 4.69) is 9.97 Å². The first kappa shape index (κ1) is 11.0. The highest BCUT2D eigenvalue weighted by Crippen LogP contribution is 2.21. The summed E-state index contributed by atoms with van der Waals surface area (Å²) in [6.45, 7) is 0.735. The highest BCUT2D eigenvalue weighted by Gasteiger charge is 2.34. The molecule has 2 rings (SSSR count). The second-order valence-electron chi connectivity index (χ2n) is 3.59. The van der Waals surface area contributed by atoms with Crippen molar-refractivity contribution >= 4 is 5.78 Å². The summed E-state index contributed by atoms with van der Waals surface area (Å²) in [4.78, 5) is 20.0. The van der Waals surface area contributed by atoms with Crippen molar-refractivity contribution in [2.24, 2.45) is 11.7 Å². The van der Waals surface area contributed by atoms with Crippen LogP contribution in [0.1, 0.15) is 10.5 Å². The first-order valence-electron chi connectivity index (χ1n) is 4.96. The Labute approximate surface area is 92.8 Å². The Morgan fingerprint density at radius 1 is 1.50 bits per heavy atom. The number of nitrogens with zero attached hydrogens (tertiary/aromatic N) is 2. The van der Waals surface area contributed by atoms with Gasteiger partial charge < -0.3 is 15.2 Å². The quantitative estimate of drug-likeness (QED) is 0.704. The smallest absolute Gasteiger partial charge is 0.243 e. The second kappa shape index (κ2) is 4.54. The number of methoxy groups -OCH3 is 1. The van der Waals surface area contributed by atoms with Gasteiger partial charge in [-0.25, -0.2) is 9.97 Å². The molecule has 16 heavy (non-hydrogen) atoms. The van der Waals surface area contributed by atoms with Gasteiger partial charge in [-0.1, -0.05) is 0 Å². The van der Waals surface area contributed by atoms with Crippen LogP contribution < -0.4 is 10.5 Å². The zero-order valence-corrected chi connectivity index (χ0v) is 8.92. The Balaban J connectivity index is 2.26. The molecule has 0 saturated carbocycles. The standard InChI is InChI=1S/C10H13N3O3/c1-15-10-8(12-2-3-13-10)9(14)6-4-16-5-7(6)11/h2-3,6-7H,4-5,11H2,1H3. The average molecular weight is 223 g/mol. The molecular weight excluding hydrogens is 210 g/mol. The molecule has 0 amide bonds. The SMILES string of the molecule is COc1nccnc1C(=O)C1COCC1N. The lowest BCUT2D eigenvalue weighted by atomic mass is 9.97. The molecule has 6 heteroatoms. The van der Waals surface area contributed by atoms with Crippen molar-refractivity contribution in [3.8, 4) is 5.88 Å². The van der Waals surface area contributed by atoms with E-state index in [0.717, 1.165) is 0 Å². The summed E-state index contributed by atoms with van der Waals surface area (Å²) in [6, 6.07) is -0.279. The van der Waals surface area contributed by atoms with Crippen molar-refractivity contribution in [2.75, 3.05) is 20.3 Å². The molecule has 0 radical (unpaired) electrons. The lowest BCUT2D eigenvalue weighted by Gasteiger charge is -2.12. The maximum atomic E-state index is 12.1. The van der Waals surface area contributed by atoms with Crippen molar-refractivity contribution < 1.29 is 14.3 Å². The number of carbonyl (C=O) groups excluding carboxylic acids is 1. The number of Topliss-reactive ketones (excluding diaryl/α,β-unsaturated/α-hetero) is 1. The van der Waals surface area contributed by atoms with Crippen LogP contribution >= 0.6 is 0 Å². The summed E-state index contributed by atoms with van der Waals surface area (Å²) < 4.78 is 10.1. The van der Waals surface area contributed by atoms with Crippen LogP contribution in [-0.4, -0.2) is 42.1 Å². The fourth-order valence-corrected chi connectivity index (χ4v) is 1.66. The first-order valence-corrected chi connectivity index (χ1v) is 4.96. The van der Waals surface area contributed by atoms with Crippen LogP contribution in [0.25, 0.3) is 0 Å². The summed E-state index contributed by atoms with van der Waals surface area (Å²) >= 11 is 0. The van der Waals surface area contributed by atoms with Crippen molar-refractivity contribution in [3.63, 3.8) is 0 Å². The minimum Gasteiger partial charge on any atom is -0.479 e. The summed E-state index contributed by atoms with van der Waals surface area (Å²) in [7, 11) is 1.45. The number of aromatic nitrogens is 2. The van der Waals surface area contributed by atoms with E-state index < -0.39 is 0 Å². The Morgan fingerprint density at radius 2 is 2.25 bits per heavy atom. The number of ketones is 1. The highest BCUT2D eigenvalue weighted by atomic mass is 16.5. The molecular formula is C10H13N3O3. The van der Waals surface area contributed by atoms with Gasteiger partial charge in [0.15, 0.2) is 11.5 Å². The van der Waals surface area contributed by atoms with Gasteiger partial charge in [-0.05, 0) is 0 Å². The average Bonchev–Trinajstić information content (AvgIpc) is 2.74. The van der Waals surface area contributed by atoms with Crippen LogP contribution in [0.2, 0.25) is 0 Å². The predicted molar refractivity (Wildman–Crippen MR) is 55.2 cm³/mol. The number of hydrogen-bond donors (Lipinski definition) is 1. The molecule has 2 atom stereocenters. The van der Waals surface area contributed by atoms with E-state index in [1.165, 1.54) is 19.5 Å². The van der Waals surface area contributed by atoms with E-state index in [0.29, 0.717) is 13.2 Å². The lowest BCUT2D eigenvalue weighted by molar-refractivity contribution is 0.0886. The van der Waals surface area contributed by atoms with E-state index in [9.17, 15) is 4.79 Å². The van der Waals surface area contributed by atoms with Crippen LogP contribution in [0.15, 0.2) is 12.4 Å². The van der Waals surface area contributed by atoms with Gasteiger partial charge in [-0.3, -0.25) is 4.79 Å². The monoisotopic (exact) mass is 223 g/mol. The van der Waals surface area contributed by atoms with E-state index in [-0.39, 0.29) is 29.3 Å². The van der Waals surface area contributed by atoms with Crippen molar-refractivity contribution in [3.05, 3.63) is 18.1 Å². The van der Waals surface area contributed by atoms with Gasteiger partial charge in [0.25, 0.3) is 0 Å². The minimum atomic E-state index is -0.356. The molecule has 2 heterocycles. The zero-order valence-electron chi connectivity index (χ0n) is 8.92. The summed E-state index contributed by atoms with van der Waals surface area (Å²) in [5.41, 5.74) is 5.99. The molecule has 0 spiro atoms. The Hall–Kier alpha value is -1.53. The maximum Gasteiger partial charge on any atom is 0.243 e. The largest absolute Gasteiger partial charge is 0.479 e. The molecule has 0 bridgehead atoms. The number of hydrogen-bond acceptors (Lipinski definition) is 6. The van der Waals surface area contributed by atoms with Gasteiger partial charge >= 0.3 is 0 Å². The van der Waals surface area contributed by atoms with E-state index in [4.69, 9.17) is 15.2 Å². The van der Waals surface area contributed by atoms with Gasteiger partial charge in [-0.2, -0.15) is 0 Å². The molecule has 1 aliphatic rings. The molecule has 1 aromatic heterocycles. The summed E-state index contributed by atoms with van der Waals surface area (Å²) in [5, 5.41) is 0. The van der Waals surface area contributed by atoms with Crippen molar-refractivity contribution in [1.82, 2.24) is 9.97 Å². The lowest BCUT2D eigenvalue weighted by Crippen LogP contribution is -2.34. The van der Waals surface area contributed by atoms with Gasteiger partial charge in [0.2, 0.25) is 5.88 Å². The third kappa shape index (κ3) is 1.89. The predicted octanol–water partition coefficient (Wildman–Crippen LogP) is -0.358. The number of rotatable bonds is 3. The molecule has 1 saturated heterocycles. The molecule has 6 nitrogen and oxygen atoms in total. The normalized spacial score (nSPS) is 24.4. The topological polar surface area (TPSA) is 87.3 Å². The molecule has 0 aliphatic carbocycles. The minimum absolute atomic E-state index is 0.171. The molecule has 2 N–H and O–H groups in total. The molecule has 1 aromatic rings. The highest BCUT2D eigenvalue weighted by molar-refractivity contribution is 5.98. The zero-order chi connectivity index (χ0) is 11.5. The third-order valence-corrected chi connectivity index (χ3v) is 2.55. The summed E-state index contributed by atoms with van der Waals surface area (Å²) in [6.07, 6.45) is 2.93. The van der Waals surface area contributed by atoms with Crippen LogP contribution in [0, 0.1) is 5.92 Å². The van der Waals surface area contributed by atoms with E-state index in [1.807, 2.05) is 0 Å². The number of nitrogens with two attached hydrogens (primary N) is 1. The van der Waals surface area contributed by atoms with E-state index >= 15 is 0 Å². The fourth-order valence-electron chi connectivity index (χ4n) is 1.66. The van der Waals surface area contributed by atoms with Crippen LogP contribution in [0.5, 0.6) is 5.88 Å². The van der Waals surface area contributed by atoms with Gasteiger partial charge in [0, 0.05) is 18.4 Å². The second-order valence-corrected chi connectivity index (χ2v) is 3.59. The maximum absolute atomic E-state index is 12.1. The summed E-state index contributed by atoms with van der Waals surface area (Å²) in [5.74, 6) is -0.299. The molecule has 2 unspecified atom stereocenters. The molecule has 1 fully saturated rings. The Morgan fingerprint density at radius 3 is 2.88 bits per heavy atom. The van der Waals surface area contributed by atoms with E-state index in [1.54, 1.807) is 0 Å². The molecule has 0 aromatic carbocycles. The fraction of sp³-hybridized carbons (Fsp3) is 0.500.